The zero-order chi connectivity index (χ0) is 13.7. The lowest BCUT2D eigenvalue weighted by Gasteiger charge is -2.13. The molecule has 1 aromatic carbocycles. The molecule has 0 saturated carbocycles. The molecule has 0 unspecified atom stereocenters. The highest BCUT2D eigenvalue weighted by molar-refractivity contribution is 8.23. The summed E-state index contributed by atoms with van der Waals surface area (Å²) in [6.45, 7) is 5.83. The van der Waals surface area contributed by atoms with Gasteiger partial charge in [0.2, 0.25) is 0 Å². The van der Waals surface area contributed by atoms with Gasteiger partial charge in [-0.3, -0.25) is 4.79 Å². The van der Waals surface area contributed by atoms with E-state index in [0.717, 1.165) is 9.88 Å². The Morgan fingerprint density at radius 3 is 2.39 bits per heavy atom. The lowest BCUT2D eigenvalue weighted by atomic mass is 10.0. The number of hydrogen-bond donors (Lipinski definition) is 0. The van der Waals surface area contributed by atoms with Crippen molar-refractivity contribution in [1.29, 1.82) is 0 Å². The second-order valence-corrected chi connectivity index (χ2v) is 5.86. The zero-order valence-electron chi connectivity index (χ0n) is 10.9. The maximum atomic E-state index is 12.1. The molecule has 0 radical (unpaired) electrons. The molecule has 0 aliphatic heterocycles. The summed E-state index contributed by atoms with van der Waals surface area (Å²) in [6.07, 6.45) is 0. The van der Waals surface area contributed by atoms with Gasteiger partial charge in [-0.15, -0.1) is 0 Å². The molecule has 0 fully saturated rings. The Bertz CT molecular complexity index is 463. The summed E-state index contributed by atoms with van der Waals surface area (Å²) in [7, 11) is 3.78. The van der Waals surface area contributed by atoms with Crippen LogP contribution in [0.1, 0.15) is 15.9 Å². The number of carbonyl (C=O) groups excluding carboxylic acids is 1. The molecular formula is C14H17NOS2. The third kappa shape index (κ3) is 4.27. The smallest absolute Gasteiger partial charge is 0.189 e. The van der Waals surface area contributed by atoms with Gasteiger partial charge < -0.3 is 4.90 Å². The van der Waals surface area contributed by atoms with E-state index in [0.29, 0.717) is 16.9 Å². The number of nitrogens with zero attached hydrogens (tertiary/aromatic N) is 1. The number of hydrogen-bond acceptors (Lipinski definition) is 3. The molecule has 0 spiro atoms. The first kappa shape index (κ1) is 14.9. The first-order chi connectivity index (χ1) is 8.41. The summed E-state index contributed by atoms with van der Waals surface area (Å²) in [4.78, 5) is 13.9. The van der Waals surface area contributed by atoms with Crippen LogP contribution >= 0.6 is 24.0 Å². The fourth-order valence-corrected chi connectivity index (χ4v) is 2.12. The molecule has 0 saturated heterocycles. The minimum absolute atomic E-state index is 0.0101. The van der Waals surface area contributed by atoms with Crippen LogP contribution in [0.5, 0.6) is 0 Å². The Balaban J connectivity index is 2.59. The van der Waals surface area contributed by atoms with Crippen molar-refractivity contribution < 1.29 is 4.79 Å². The van der Waals surface area contributed by atoms with E-state index < -0.39 is 0 Å². The molecule has 0 aromatic heterocycles. The van der Waals surface area contributed by atoms with Gasteiger partial charge in [0.15, 0.2) is 5.78 Å². The molecule has 0 heterocycles. The molecule has 0 atom stereocenters. The highest BCUT2D eigenvalue weighted by atomic mass is 32.2. The zero-order valence-corrected chi connectivity index (χ0v) is 12.5. The number of thioether (sulfide) groups is 1. The topological polar surface area (TPSA) is 20.3 Å². The van der Waals surface area contributed by atoms with Crippen molar-refractivity contribution in [3.05, 3.63) is 47.5 Å². The Kier molecular flexibility index (Phi) is 5.56. The molecule has 0 bridgehead atoms. The molecule has 0 aliphatic rings. The molecule has 4 heteroatoms. The maximum absolute atomic E-state index is 12.1. The van der Waals surface area contributed by atoms with Gasteiger partial charge in [0.1, 0.15) is 4.32 Å². The number of rotatable bonds is 4. The number of Topliss-reactive ketones (excluding diaryl/α,β-unsaturated/α-hetero) is 1. The summed E-state index contributed by atoms with van der Waals surface area (Å²) in [5, 5.41) is 0. The summed E-state index contributed by atoms with van der Waals surface area (Å²) in [5.74, 6) is 0.521. The van der Waals surface area contributed by atoms with E-state index in [1.165, 1.54) is 11.8 Å². The molecular weight excluding hydrogens is 262 g/mol. The molecule has 96 valence electrons. The van der Waals surface area contributed by atoms with Crippen LogP contribution in [-0.4, -0.2) is 34.9 Å². The molecule has 2 nitrogen and oxygen atoms in total. The third-order valence-corrected chi connectivity index (χ3v) is 4.19. The number of ketones is 1. The van der Waals surface area contributed by atoms with Crippen molar-refractivity contribution in [2.24, 2.45) is 0 Å². The van der Waals surface area contributed by atoms with Gasteiger partial charge in [0, 0.05) is 31.0 Å². The average Bonchev–Trinajstić information content (AvgIpc) is 2.35. The highest BCUT2D eigenvalue weighted by Gasteiger charge is 2.11. The predicted molar refractivity (Wildman–Crippen MR) is 83.4 cm³/mol. The van der Waals surface area contributed by atoms with E-state index in [1.54, 1.807) is 0 Å². The summed E-state index contributed by atoms with van der Waals surface area (Å²) in [5.41, 5.74) is 2.40. The van der Waals surface area contributed by atoms with Crippen molar-refractivity contribution in [2.75, 3.05) is 19.8 Å². The minimum Gasteiger partial charge on any atom is -0.364 e. The van der Waals surface area contributed by atoms with Crippen LogP contribution in [-0.2, 0) is 0 Å². The summed E-state index contributed by atoms with van der Waals surface area (Å²) in [6, 6.07) is 7.52. The van der Waals surface area contributed by atoms with E-state index in [4.69, 9.17) is 12.2 Å². The Hall–Kier alpha value is -1.13. The van der Waals surface area contributed by atoms with Gasteiger partial charge in [-0.05, 0) is 6.92 Å². The van der Waals surface area contributed by atoms with Crippen LogP contribution in [0.2, 0.25) is 0 Å². The van der Waals surface area contributed by atoms with Gasteiger partial charge in [0.25, 0.3) is 0 Å². The van der Waals surface area contributed by atoms with Crippen LogP contribution in [0.15, 0.2) is 36.4 Å². The number of aryl methyl sites for hydroxylation is 1. The first-order valence-electron chi connectivity index (χ1n) is 5.55. The average molecular weight is 279 g/mol. The maximum Gasteiger partial charge on any atom is 0.189 e. The molecule has 0 N–H and O–H groups in total. The quantitative estimate of drug-likeness (QED) is 0.478. The Morgan fingerprint density at radius 2 is 1.89 bits per heavy atom. The monoisotopic (exact) mass is 279 g/mol. The lowest BCUT2D eigenvalue weighted by Crippen LogP contribution is -2.17. The summed E-state index contributed by atoms with van der Waals surface area (Å²) >= 11 is 6.61. The molecule has 0 amide bonds. The number of benzene rings is 1. The summed E-state index contributed by atoms with van der Waals surface area (Å²) < 4.78 is 0.757. The molecule has 1 aromatic rings. The van der Waals surface area contributed by atoms with Gasteiger partial charge >= 0.3 is 0 Å². The largest absolute Gasteiger partial charge is 0.364 e. The van der Waals surface area contributed by atoms with E-state index in [9.17, 15) is 4.79 Å². The second-order valence-electron chi connectivity index (χ2n) is 4.25. The highest BCUT2D eigenvalue weighted by Crippen LogP contribution is 2.15. The minimum atomic E-state index is -0.0101. The number of carbonyl (C=O) groups is 1. The van der Waals surface area contributed by atoms with Crippen molar-refractivity contribution in [2.45, 2.75) is 6.92 Å². The first-order valence-corrected chi connectivity index (χ1v) is 6.94. The van der Waals surface area contributed by atoms with Crippen LogP contribution in [0.3, 0.4) is 0 Å². The lowest BCUT2D eigenvalue weighted by molar-refractivity contribution is 0.103. The van der Waals surface area contributed by atoms with E-state index in [2.05, 4.69) is 6.58 Å². The predicted octanol–water partition coefficient (Wildman–Crippen LogP) is 3.31. The van der Waals surface area contributed by atoms with Gasteiger partial charge in [-0.2, -0.15) is 0 Å². The molecule has 1 rings (SSSR count). The molecule has 18 heavy (non-hydrogen) atoms. The van der Waals surface area contributed by atoms with Crippen molar-refractivity contribution >= 4 is 34.1 Å². The molecule has 0 aliphatic carbocycles. The third-order valence-electron chi connectivity index (χ3n) is 2.37. The van der Waals surface area contributed by atoms with Crippen LogP contribution in [0.25, 0.3) is 0 Å². The van der Waals surface area contributed by atoms with E-state index >= 15 is 0 Å². The Morgan fingerprint density at radius 1 is 1.33 bits per heavy atom. The van der Waals surface area contributed by atoms with Crippen molar-refractivity contribution in [3.8, 4) is 0 Å². The van der Waals surface area contributed by atoms with Gasteiger partial charge in [-0.25, -0.2) is 0 Å². The van der Waals surface area contributed by atoms with E-state index in [-0.39, 0.29) is 5.78 Å². The number of thiocarbonyl (C=S) groups is 1. The van der Waals surface area contributed by atoms with Crippen LogP contribution in [0.4, 0.5) is 0 Å². The fourth-order valence-electron chi connectivity index (χ4n) is 1.25. The normalized spacial score (nSPS) is 9.94. The van der Waals surface area contributed by atoms with E-state index in [1.807, 2.05) is 50.2 Å². The standard InChI is InChI=1S/C14H17NOS2/c1-10-5-7-12(8-6-10)13(16)11(2)9-18-14(17)15(3)4/h5-8H,2,9H2,1,3-4H3. The second kappa shape index (κ2) is 6.71. The SMILES string of the molecule is C=C(CSC(=S)N(C)C)C(=O)c1ccc(C)cc1. The van der Waals surface area contributed by atoms with Gasteiger partial charge in [0.05, 0.1) is 0 Å². The Labute approximate surface area is 118 Å². The van der Waals surface area contributed by atoms with Gasteiger partial charge in [-0.1, -0.05) is 60.4 Å². The van der Waals surface area contributed by atoms with Crippen molar-refractivity contribution in [3.63, 3.8) is 0 Å². The van der Waals surface area contributed by atoms with Crippen LogP contribution in [0, 0.1) is 6.92 Å². The van der Waals surface area contributed by atoms with Crippen LogP contribution < -0.4 is 0 Å². The van der Waals surface area contributed by atoms with Crippen molar-refractivity contribution in [1.82, 2.24) is 4.90 Å². The fraction of sp³-hybridized carbons (Fsp3) is 0.286.